The summed E-state index contributed by atoms with van der Waals surface area (Å²) in [5, 5.41) is 4.65. The molecule has 0 bridgehead atoms. The summed E-state index contributed by atoms with van der Waals surface area (Å²) >= 11 is 0. The number of para-hydroxylation sites is 1. The number of hydrogen-bond donors (Lipinski definition) is 0. The largest absolute Gasteiger partial charge is 0.445 e. The van der Waals surface area contributed by atoms with Gasteiger partial charge in [0.1, 0.15) is 11.3 Å². The molecule has 0 saturated heterocycles. The average molecular weight is 460 g/mol. The molecule has 1 atom stereocenters. The van der Waals surface area contributed by atoms with E-state index in [2.05, 4.69) is 10.1 Å². The first-order valence-electron chi connectivity index (χ1n) is 11.1. The molecule has 5 aromatic rings. The Morgan fingerprint density at radius 3 is 2.09 bits per heavy atom. The number of ketones is 1. The molecule has 0 aliphatic rings. The summed E-state index contributed by atoms with van der Waals surface area (Å²) in [6, 6.07) is 30.9. The molecule has 2 aromatic heterocycles. The molecule has 0 spiro atoms. The number of carbonyl (C=O) groups is 2. The van der Waals surface area contributed by atoms with E-state index in [4.69, 9.17) is 4.74 Å². The van der Waals surface area contributed by atoms with Gasteiger partial charge < -0.3 is 4.74 Å². The molecule has 0 amide bonds. The van der Waals surface area contributed by atoms with E-state index in [9.17, 15) is 9.59 Å². The predicted octanol–water partition coefficient (Wildman–Crippen LogP) is 5.72. The van der Waals surface area contributed by atoms with Gasteiger partial charge in [-0.1, -0.05) is 78.9 Å². The van der Waals surface area contributed by atoms with Gasteiger partial charge in [0.05, 0.1) is 5.69 Å². The molecule has 6 nitrogen and oxygen atoms in total. The van der Waals surface area contributed by atoms with E-state index in [0.717, 1.165) is 5.69 Å². The third-order valence-corrected chi connectivity index (χ3v) is 5.51. The number of esters is 1. The van der Waals surface area contributed by atoms with Crippen molar-refractivity contribution in [1.29, 1.82) is 0 Å². The molecule has 0 fully saturated rings. The van der Waals surface area contributed by atoms with Gasteiger partial charge in [0.2, 0.25) is 5.78 Å². The number of benzene rings is 3. The molecule has 170 valence electrons. The summed E-state index contributed by atoms with van der Waals surface area (Å²) in [7, 11) is 0. The summed E-state index contributed by atoms with van der Waals surface area (Å²) in [6.45, 7) is 0. The van der Waals surface area contributed by atoms with Crippen LogP contribution in [0.1, 0.15) is 32.4 Å². The topological polar surface area (TPSA) is 74.1 Å². The molecule has 35 heavy (non-hydrogen) atoms. The number of hydrogen-bond acceptors (Lipinski definition) is 5. The number of ether oxygens (including phenoxy) is 1. The van der Waals surface area contributed by atoms with Crippen LogP contribution in [0.15, 0.2) is 122 Å². The maximum Gasteiger partial charge on any atom is 0.343 e. The van der Waals surface area contributed by atoms with E-state index in [1.165, 1.54) is 0 Å². The Balaban J connectivity index is 1.55. The normalized spacial score (nSPS) is 11.5. The van der Waals surface area contributed by atoms with Gasteiger partial charge in [-0.15, -0.1) is 0 Å². The summed E-state index contributed by atoms with van der Waals surface area (Å²) in [4.78, 5) is 31.1. The van der Waals surface area contributed by atoms with Crippen molar-refractivity contribution in [2.45, 2.75) is 6.10 Å². The number of aromatic nitrogens is 3. The van der Waals surface area contributed by atoms with Gasteiger partial charge in [-0.3, -0.25) is 9.78 Å². The van der Waals surface area contributed by atoms with Gasteiger partial charge >= 0.3 is 5.97 Å². The van der Waals surface area contributed by atoms with Crippen LogP contribution in [0.5, 0.6) is 0 Å². The van der Waals surface area contributed by atoms with Crippen LogP contribution in [-0.2, 0) is 4.74 Å². The zero-order valence-electron chi connectivity index (χ0n) is 18.7. The molecule has 3 aromatic carbocycles. The van der Waals surface area contributed by atoms with Crippen molar-refractivity contribution >= 4 is 11.8 Å². The van der Waals surface area contributed by atoms with Crippen molar-refractivity contribution in [2.24, 2.45) is 0 Å². The number of carbonyl (C=O) groups excluding carboxylic acids is 2. The number of Topliss-reactive ketones (excluding diaryl/α,β-unsaturated/α-hetero) is 1. The van der Waals surface area contributed by atoms with Gasteiger partial charge in [-0.05, 0) is 24.3 Å². The molecule has 0 N–H and O–H groups in total. The van der Waals surface area contributed by atoms with Gasteiger partial charge in [-0.2, -0.15) is 5.10 Å². The molecule has 2 heterocycles. The average Bonchev–Trinajstić information content (AvgIpc) is 3.39. The van der Waals surface area contributed by atoms with Crippen molar-refractivity contribution in [3.63, 3.8) is 0 Å². The Hall–Kier alpha value is -4.84. The lowest BCUT2D eigenvalue weighted by molar-refractivity contribution is 0.0280. The Morgan fingerprint density at radius 1 is 0.771 bits per heavy atom. The summed E-state index contributed by atoms with van der Waals surface area (Å²) in [5.41, 5.74) is 3.17. The van der Waals surface area contributed by atoms with Crippen molar-refractivity contribution in [3.8, 4) is 16.9 Å². The van der Waals surface area contributed by atoms with Gasteiger partial charge in [0, 0.05) is 35.3 Å². The molecule has 0 aliphatic carbocycles. The molecule has 1 unspecified atom stereocenters. The quantitative estimate of drug-likeness (QED) is 0.230. The monoisotopic (exact) mass is 459 g/mol. The fourth-order valence-electron chi connectivity index (χ4n) is 3.78. The molecule has 6 heteroatoms. The fraction of sp³-hybridized carbons (Fsp3) is 0.0345. The van der Waals surface area contributed by atoms with Crippen LogP contribution in [0, 0.1) is 0 Å². The standard InChI is InChI=1S/C29H21N3O3/c33-27(21-11-4-1-5-12-21)28(22-13-6-2-7-14-22)35-29(34)25-20-32(24-16-8-3-9-17-24)31-26(25)23-15-10-18-30-19-23/h1-20,28H. The van der Waals surface area contributed by atoms with Crippen LogP contribution in [-0.4, -0.2) is 26.5 Å². The maximum absolute atomic E-state index is 13.6. The van der Waals surface area contributed by atoms with E-state index in [1.54, 1.807) is 65.7 Å². The Kier molecular flexibility index (Phi) is 6.26. The number of nitrogens with zero attached hydrogens (tertiary/aromatic N) is 3. The highest BCUT2D eigenvalue weighted by atomic mass is 16.5. The SMILES string of the molecule is O=C(OC(C(=O)c1ccccc1)c1ccccc1)c1cn(-c2ccccc2)nc1-c1cccnc1. The highest BCUT2D eigenvalue weighted by Crippen LogP contribution is 2.28. The summed E-state index contributed by atoms with van der Waals surface area (Å²) in [5.74, 6) is -0.951. The summed E-state index contributed by atoms with van der Waals surface area (Å²) < 4.78 is 7.51. The number of rotatable bonds is 7. The first kappa shape index (κ1) is 22.0. The second-order valence-corrected chi connectivity index (χ2v) is 7.84. The maximum atomic E-state index is 13.6. The third-order valence-electron chi connectivity index (χ3n) is 5.51. The molecule has 0 radical (unpaired) electrons. The van der Waals surface area contributed by atoms with Crippen LogP contribution in [0.2, 0.25) is 0 Å². The smallest absolute Gasteiger partial charge is 0.343 e. The van der Waals surface area contributed by atoms with Crippen molar-refractivity contribution < 1.29 is 14.3 Å². The lowest BCUT2D eigenvalue weighted by atomic mass is 9.99. The minimum absolute atomic E-state index is 0.239. The first-order chi connectivity index (χ1) is 17.2. The lowest BCUT2D eigenvalue weighted by Gasteiger charge is -2.17. The van der Waals surface area contributed by atoms with E-state index in [1.807, 2.05) is 60.7 Å². The zero-order chi connectivity index (χ0) is 24.0. The third kappa shape index (κ3) is 4.77. The minimum atomic E-state index is -1.10. The van der Waals surface area contributed by atoms with Gasteiger partial charge in [0.15, 0.2) is 6.10 Å². The minimum Gasteiger partial charge on any atom is -0.445 e. The molecular weight excluding hydrogens is 438 g/mol. The second-order valence-electron chi connectivity index (χ2n) is 7.84. The Labute approximate surface area is 202 Å². The van der Waals surface area contributed by atoms with Crippen molar-refractivity contribution in [2.75, 3.05) is 0 Å². The second kappa shape index (κ2) is 9.97. The lowest BCUT2D eigenvalue weighted by Crippen LogP contribution is -2.20. The van der Waals surface area contributed by atoms with Gasteiger partial charge in [-0.25, -0.2) is 9.48 Å². The number of pyridine rings is 1. The van der Waals surface area contributed by atoms with Crippen LogP contribution < -0.4 is 0 Å². The van der Waals surface area contributed by atoms with Crippen molar-refractivity contribution in [3.05, 3.63) is 138 Å². The van der Waals surface area contributed by atoms with E-state index < -0.39 is 12.1 Å². The molecule has 0 aliphatic heterocycles. The molecular formula is C29H21N3O3. The van der Waals surface area contributed by atoms with Crippen molar-refractivity contribution in [1.82, 2.24) is 14.8 Å². The van der Waals surface area contributed by atoms with Crippen LogP contribution in [0.3, 0.4) is 0 Å². The highest BCUT2D eigenvalue weighted by molar-refractivity contribution is 6.03. The van der Waals surface area contributed by atoms with Crippen LogP contribution in [0.25, 0.3) is 16.9 Å². The molecule has 5 rings (SSSR count). The first-order valence-corrected chi connectivity index (χ1v) is 11.1. The van der Waals surface area contributed by atoms with Gasteiger partial charge in [0.25, 0.3) is 0 Å². The van der Waals surface area contributed by atoms with Crippen LogP contribution in [0.4, 0.5) is 0 Å². The summed E-state index contributed by atoms with van der Waals surface area (Å²) in [6.07, 6.45) is 3.81. The predicted molar refractivity (Wildman–Crippen MR) is 132 cm³/mol. The Morgan fingerprint density at radius 2 is 1.43 bits per heavy atom. The van der Waals surface area contributed by atoms with E-state index >= 15 is 0 Å². The fourth-order valence-corrected chi connectivity index (χ4v) is 3.78. The highest BCUT2D eigenvalue weighted by Gasteiger charge is 2.29. The van der Waals surface area contributed by atoms with E-state index in [-0.39, 0.29) is 11.3 Å². The van der Waals surface area contributed by atoms with Crippen LogP contribution >= 0.6 is 0 Å². The van der Waals surface area contributed by atoms with E-state index in [0.29, 0.717) is 22.4 Å². The molecule has 0 saturated carbocycles. The zero-order valence-corrected chi connectivity index (χ0v) is 18.7. The Bertz CT molecular complexity index is 1430.